The molecule has 1 aliphatic rings. The number of ether oxygens (including phenoxy) is 1. The molecule has 2 aromatic carbocycles. The minimum absolute atomic E-state index is 0.0292. The summed E-state index contributed by atoms with van der Waals surface area (Å²) in [7, 11) is 0. The molecule has 0 radical (unpaired) electrons. The van der Waals surface area contributed by atoms with E-state index in [0.717, 1.165) is 11.3 Å². The number of nitriles is 1. The Morgan fingerprint density at radius 3 is 2.36 bits per heavy atom. The molecule has 8 nitrogen and oxygen atoms in total. The molecule has 0 unspecified atom stereocenters. The number of carbonyl (C=O) groups is 1. The minimum atomic E-state index is -0.866. The number of thiazole rings is 1. The van der Waals surface area contributed by atoms with Crippen LogP contribution in [0.2, 0.25) is 0 Å². The fraction of sp³-hybridized carbons (Fsp3) is 0.125. The number of hydrogen-bond donors (Lipinski definition) is 3. The van der Waals surface area contributed by atoms with E-state index in [1.807, 2.05) is 6.07 Å². The van der Waals surface area contributed by atoms with Crippen molar-refractivity contribution >= 4 is 34.8 Å². The molecule has 0 saturated carbocycles. The van der Waals surface area contributed by atoms with Crippen LogP contribution in [-0.2, 0) is 9.53 Å². The van der Waals surface area contributed by atoms with Gasteiger partial charge in [0.15, 0.2) is 0 Å². The van der Waals surface area contributed by atoms with Crippen LogP contribution in [0, 0.1) is 11.3 Å². The van der Waals surface area contributed by atoms with Gasteiger partial charge in [0.05, 0.1) is 34.3 Å². The van der Waals surface area contributed by atoms with Crippen LogP contribution in [0.15, 0.2) is 58.9 Å². The largest absolute Gasteiger partial charge is 0.508 e. The number of aromatic hydroxyl groups is 2. The number of allylic oxidation sites excluding steroid dienone is 1. The normalized spacial score (nSPS) is 15.8. The highest BCUT2D eigenvalue weighted by atomic mass is 32.1. The van der Waals surface area contributed by atoms with E-state index in [4.69, 9.17) is 10.5 Å². The van der Waals surface area contributed by atoms with Crippen LogP contribution >= 0.6 is 11.3 Å². The van der Waals surface area contributed by atoms with Crippen molar-refractivity contribution in [2.75, 3.05) is 6.61 Å². The molecule has 166 valence electrons. The second-order valence-electron chi connectivity index (χ2n) is 7.22. The highest BCUT2D eigenvalue weighted by molar-refractivity contribution is 7.07. The van der Waals surface area contributed by atoms with Crippen molar-refractivity contribution in [3.8, 4) is 17.6 Å². The third kappa shape index (κ3) is 3.88. The third-order valence-corrected chi connectivity index (χ3v) is 6.29. The molecular weight excluding hydrogens is 442 g/mol. The Labute approximate surface area is 192 Å². The molecule has 4 rings (SSSR count). The average molecular weight is 461 g/mol. The lowest BCUT2D eigenvalue weighted by Gasteiger charge is -2.24. The van der Waals surface area contributed by atoms with Gasteiger partial charge in [0.1, 0.15) is 22.0 Å². The summed E-state index contributed by atoms with van der Waals surface area (Å²) in [6, 6.07) is 14.4. The molecule has 4 N–H and O–H groups in total. The van der Waals surface area contributed by atoms with E-state index in [1.54, 1.807) is 37.3 Å². The van der Waals surface area contributed by atoms with Gasteiger partial charge in [0, 0.05) is 0 Å². The number of hydrogen-bond acceptors (Lipinski definition) is 8. The van der Waals surface area contributed by atoms with E-state index in [-0.39, 0.29) is 39.7 Å². The molecule has 1 aromatic heterocycles. The van der Waals surface area contributed by atoms with Crippen molar-refractivity contribution in [2.24, 2.45) is 5.73 Å². The van der Waals surface area contributed by atoms with Crippen LogP contribution in [0.3, 0.4) is 0 Å². The monoisotopic (exact) mass is 461 g/mol. The first-order valence-corrected chi connectivity index (χ1v) is 10.8. The second-order valence-corrected chi connectivity index (χ2v) is 8.25. The average Bonchev–Trinajstić information content (AvgIpc) is 3.11. The SMILES string of the molecule is CCOC(=O)C1=c2s/c(=C/c3ccc(O)cc3)c(=O)n2C(N)=C(C#N)[C@H]1c1ccc(O)cc1. The number of fused-ring (bicyclic) bond motifs is 1. The molecule has 2 heterocycles. The molecule has 1 atom stereocenters. The molecule has 1 aliphatic heterocycles. The Hall–Kier alpha value is -4.29. The Kier molecular flexibility index (Phi) is 5.77. The predicted molar refractivity (Wildman–Crippen MR) is 123 cm³/mol. The maximum atomic E-state index is 13.2. The lowest BCUT2D eigenvalue weighted by Crippen LogP contribution is -2.40. The van der Waals surface area contributed by atoms with E-state index in [2.05, 4.69) is 0 Å². The van der Waals surface area contributed by atoms with Crippen LogP contribution in [0.5, 0.6) is 11.5 Å². The van der Waals surface area contributed by atoms with Crippen LogP contribution in [0.4, 0.5) is 0 Å². The van der Waals surface area contributed by atoms with E-state index in [9.17, 15) is 25.1 Å². The van der Waals surface area contributed by atoms with Gasteiger partial charge in [0.2, 0.25) is 0 Å². The van der Waals surface area contributed by atoms with Gasteiger partial charge < -0.3 is 20.7 Å². The van der Waals surface area contributed by atoms with Crippen LogP contribution in [0.1, 0.15) is 24.0 Å². The Bertz CT molecular complexity index is 1490. The van der Waals surface area contributed by atoms with E-state index in [1.165, 1.54) is 28.8 Å². The zero-order valence-corrected chi connectivity index (χ0v) is 18.3. The molecule has 0 saturated heterocycles. The van der Waals surface area contributed by atoms with Crippen molar-refractivity contribution < 1.29 is 19.7 Å². The first kappa shape index (κ1) is 21.9. The second kappa shape index (κ2) is 8.68. The molecule has 33 heavy (non-hydrogen) atoms. The summed E-state index contributed by atoms with van der Waals surface area (Å²) in [5.41, 5.74) is 7.19. The number of phenols is 2. The Morgan fingerprint density at radius 2 is 1.79 bits per heavy atom. The predicted octanol–water partition coefficient (Wildman–Crippen LogP) is 1.31. The number of aromatic nitrogens is 1. The number of nitrogens with zero attached hydrogens (tertiary/aromatic N) is 2. The number of rotatable bonds is 4. The van der Waals surface area contributed by atoms with Crippen molar-refractivity contribution in [3.05, 3.63) is 84.8 Å². The molecule has 0 amide bonds. The van der Waals surface area contributed by atoms with Gasteiger partial charge in [-0.05, 0) is 48.4 Å². The summed E-state index contributed by atoms with van der Waals surface area (Å²) in [6.45, 7) is 1.77. The van der Waals surface area contributed by atoms with Crippen LogP contribution in [-0.4, -0.2) is 27.4 Å². The molecule has 0 spiro atoms. The van der Waals surface area contributed by atoms with Crippen molar-refractivity contribution in [2.45, 2.75) is 12.8 Å². The summed E-state index contributed by atoms with van der Waals surface area (Å²) in [6.07, 6.45) is 1.62. The summed E-state index contributed by atoms with van der Waals surface area (Å²) >= 11 is 1.06. The summed E-state index contributed by atoms with van der Waals surface area (Å²) < 4.78 is 7.01. The van der Waals surface area contributed by atoms with Crippen LogP contribution < -0.4 is 20.5 Å². The zero-order valence-electron chi connectivity index (χ0n) is 17.5. The lowest BCUT2D eigenvalue weighted by atomic mass is 9.84. The molecule has 3 aromatic rings. The Balaban J connectivity index is 2.08. The van der Waals surface area contributed by atoms with Gasteiger partial charge in [-0.15, -0.1) is 11.3 Å². The summed E-state index contributed by atoms with van der Waals surface area (Å²) in [5.74, 6) is -1.47. The number of benzene rings is 2. The number of carbonyl (C=O) groups excluding carboxylic acids is 1. The zero-order chi connectivity index (χ0) is 23.7. The molecule has 0 bridgehead atoms. The number of nitrogens with two attached hydrogens (primary N) is 1. The topological polar surface area (TPSA) is 139 Å². The highest BCUT2D eigenvalue weighted by Gasteiger charge is 2.36. The summed E-state index contributed by atoms with van der Waals surface area (Å²) in [4.78, 5) is 26.3. The first-order valence-electron chi connectivity index (χ1n) is 9.98. The molecule has 0 aliphatic carbocycles. The van der Waals surface area contributed by atoms with Gasteiger partial charge in [-0.2, -0.15) is 5.26 Å². The van der Waals surface area contributed by atoms with Gasteiger partial charge in [-0.3, -0.25) is 9.36 Å². The molecule has 9 heteroatoms. The molecule has 0 fully saturated rings. The lowest BCUT2D eigenvalue weighted by molar-refractivity contribution is -0.136. The Morgan fingerprint density at radius 1 is 1.18 bits per heavy atom. The number of phenolic OH excluding ortho intramolecular Hbond substituents is 2. The van der Waals surface area contributed by atoms with Crippen molar-refractivity contribution in [1.82, 2.24) is 4.57 Å². The van der Waals surface area contributed by atoms with Crippen LogP contribution in [0.25, 0.3) is 17.5 Å². The maximum absolute atomic E-state index is 13.2. The molecular formula is C24H19N3O5S. The smallest absolute Gasteiger partial charge is 0.338 e. The van der Waals surface area contributed by atoms with Gasteiger partial charge in [0.25, 0.3) is 5.56 Å². The van der Waals surface area contributed by atoms with Gasteiger partial charge in [-0.1, -0.05) is 24.3 Å². The fourth-order valence-corrected chi connectivity index (χ4v) is 4.84. The standard InChI is InChI=1S/C24H19N3O5S/c1-2-32-24(31)20-19(14-5-9-16(29)10-6-14)17(12-25)21(26)27-22(30)18(33-23(20)27)11-13-3-7-15(28)8-4-13/h3-11,19,28-29H,2,26H2,1H3/b18-11+/t19-/m1/s1. The van der Waals surface area contributed by atoms with Crippen molar-refractivity contribution in [1.29, 1.82) is 5.26 Å². The third-order valence-electron chi connectivity index (χ3n) is 5.18. The van der Waals surface area contributed by atoms with E-state index in [0.29, 0.717) is 15.7 Å². The maximum Gasteiger partial charge on any atom is 0.338 e. The van der Waals surface area contributed by atoms with Crippen molar-refractivity contribution in [3.63, 3.8) is 0 Å². The number of esters is 1. The first-order chi connectivity index (χ1) is 15.8. The highest BCUT2D eigenvalue weighted by Crippen LogP contribution is 2.37. The van der Waals surface area contributed by atoms with Gasteiger partial charge in [-0.25, -0.2) is 4.79 Å². The fourth-order valence-electron chi connectivity index (χ4n) is 3.68. The van der Waals surface area contributed by atoms with E-state index >= 15 is 0 Å². The summed E-state index contributed by atoms with van der Waals surface area (Å²) in [5, 5.41) is 29.1. The van der Waals surface area contributed by atoms with E-state index < -0.39 is 17.4 Å². The van der Waals surface area contributed by atoms with Gasteiger partial charge >= 0.3 is 5.97 Å². The quantitative estimate of drug-likeness (QED) is 0.498. The minimum Gasteiger partial charge on any atom is -0.508 e.